The Kier molecular flexibility index (Phi) is 7.00. The van der Waals surface area contributed by atoms with Crippen LogP contribution in [-0.2, 0) is 17.9 Å². The Morgan fingerprint density at radius 3 is 2.48 bits per heavy atom. The van der Waals surface area contributed by atoms with E-state index in [-0.39, 0.29) is 18.4 Å². The van der Waals surface area contributed by atoms with Crippen LogP contribution in [-0.4, -0.2) is 38.0 Å². The molecule has 0 unspecified atom stereocenters. The normalized spacial score (nSPS) is 10.0. The van der Waals surface area contributed by atoms with E-state index >= 15 is 0 Å². The summed E-state index contributed by atoms with van der Waals surface area (Å²) in [5.41, 5.74) is 2.21. The van der Waals surface area contributed by atoms with Crippen LogP contribution in [0.3, 0.4) is 0 Å². The Hall–Kier alpha value is -3.28. The summed E-state index contributed by atoms with van der Waals surface area (Å²) in [6, 6.07) is 12.8. The summed E-state index contributed by atoms with van der Waals surface area (Å²) < 4.78 is 10.5. The highest BCUT2D eigenvalue weighted by Gasteiger charge is 2.16. The second-order valence-electron chi connectivity index (χ2n) is 5.93. The number of carbonyl (C=O) groups is 2. The Morgan fingerprint density at radius 2 is 1.81 bits per heavy atom. The Morgan fingerprint density at radius 1 is 1.11 bits per heavy atom. The molecule has 0 saturated carbocycles. The maximum Gasteiger partial charge on any atom is 0.254 e. The molecule has 0 aliphatic carbocycles. The third-order valence-electron chi connectivity index (χ3n) is 4.10. The number of methoxy groups -OCH3 is 2. The second kappa shape index (κ2) is 9.43. The van der Waals surface area contributed by atoms with E-state index in [9.17, 15) is 9.59 Å². The Bertz CT molecular complexity index is 833. The van der Waals surface area contributed by atoms with Gasteiger partial charge in [-0.15, -0.1) is 0 Å². The van der Waals surface area contributed by atoms with Crippen molar-refractivity contribution in [1.29, 1.82) is 0 Å². The lowest BCUT2D eigenvalue weighted by Crippen LogP contribution is -2.28. The molecule has 0 aliphatic heterocycles. The molecule has 0 saturated heterocycles. The van der Waals surface area contributed by atoms with Crippen LogP contribution in [0.15, 0.2) is 55.1 Å². The lowest BCUT2D eigenvalue weighted by atomic mass is 10.1. The van der Waals surface area contributed by atoms with E-state index in [0.29, 0.717) is 23.6 Å². The molecule has 2 aromatic carbocycles. The summed E-state index contributed by atoms with van der Waals surface area (Å²) in [4.78, 5) is 25.9. The molecule has 0 atom stereocenters. The molecule has 0 spiro atoms. The molecule has 0 bridgehead atoms. The van der Waals surface area contributed by atoms with Crippen LogP contribution in [0.5, 0.6) is 11.5 Å². The highest BCUT2D eigenvalue weighted by atomic mass is 16.5. The van der Waals surface area contributed by atoms with Crippen molar-refractivity contribution >= 4 is 11.8 Å². The number of carbonyl (C=O) groups excluding carboxylic acids is 2. The molecule has 6 nitrogen and oxygen atoms in total. The second-order valence-corrected chi connectivity index (χ2v) is 5.93. The molecule has 6 heteroatoms. The SMILES string of the molecule is C=CC(=O)NCc1ccccc1C(=O)N(C)Cc1ccc(OC)c(OC)c1. The summed E-state index contributed by atoms with van der Waals surface area (Å²) >= 11 is 0. The highest BCUT2D eigenvalue weighted by Crippen LogP contribution is 2.28. The van der Waals surface area contributed by atoms with Crippen molar-refractivity contribution in [1.82, 2.24) is 10.2 Å². The highest BCUT2D eigenvalue weighted by molar-refractivity contribution is 5.95. The molecule has 2 amide bonds. The minimum absolute atomic E-state index is 0.131. The quantitative estimate of drug-likeness (QED) is 0.728. The van der Waals surface area contributed by atoms with Gasteiger partial charge >= 0.3 is 0 Å². The number of amides is 2. The Balaban J connectivity index is 2.15. The van der Waals surface area contributed by atoms with Crippen molar-refractivity contribution in [2.75, 3.05) is 21.3 Å². The first-order valence-corrected chi connectivity index (χ1v) is 8.44. The average Bonchev–Trinajstić information content (AvgIpc) is 2.71. The number of hydrogen-bond donors (Lipinski definition) is 1. The van der Waals surface area contributed by atoms with Crippen molar-refractivity contribution in [3.63, 3.8) is 0 Å². The van der Waals surface area contributed by atoms with Crippen molar-refractivity contribution in [2.24, 2.45) is 0 Å². The number of nitrogens with one attached hydrogen (secondary N) is 1. The van der Waals surface area contributed by atoms with Gasteiger partial charge in [-0.25, -0.2) is 0 Å². The fourth-order valence-electron chi connectivity index (χ4n) is 2.67. The standard InChI is InChI=1S/C21H24N2O4/c1-5-20(24)22-13-16-8-6-7-9-17(16)21(25)23(2)14-15-10-11-18(26-3)19(12-15)27-4/h5-12H,1,13-14H2,2-4H3,(H,22,24). The molecule has 2 rings (SSSR count). The Labute approximate surface area is 159 Å². The minimum Gasteiger partial charge on any atom is -0.493 e. The van der Waals surface area contributed by atoms with Gasteiger partial charge in [-0.1, -0.05) is 30.8 Å². The molecule has 2 aromatic rings. The van der Waals surface area contributed by atoms with Gasteiger partial charge < -0.3 is 19.7 Å². The van der Waals surface area contributed by atoms with E-state index in [2.05, 4.69) is 11.9 Å². The van der Waals surface area contributed by atoms with Gasteiger partial charge in [0.25, 0.3) is 5.91 Å². The van der Waals surface area contributed by atoms with Crippen LogP contribution in [0, 0.1) is 0 Å². The van der Waals surface area contributed by atoms with E-state index in [1.165, 1.54) is 6.08 Å². The van der Waals surface area contributed by atoms with E-state index in [1.807, 2.05) is 30.3 Å². The maximum atomic E-state index is 12.9. The number of nitrogens with zero attached hydrogens (tertiary/aromatic N) is 1. The number of ether oxygens (including phenoxy) is 2. The first-order valence-electron chi connectivity index (χ1n) is 8.44. The lowest BCUT2D eigenvalue weighted by Gasteiger charge is -2.20. The topological polar surface area (TPSA) is 67.9 Å². The maximum absolute atomic E-state index is 12.9. The summed E-state index contributed by atoms with van der Waals surface area (Å²) in [6.07, 6.45) is 1.20. The van der Waals surface area contributed by atoms with Crippen LogP contribution in [0.2, 0.25) is 0 Å². The van der Waals surface area contributed by atoms with E-state index in [4.69, 9.17) is 9.47 Å². The molecule has 27 heavy (non-hydrogen) atoms. The zero-order valence-corrected chi connectivity index (χ0v) is 15.8. The fraction of sp³-hybridized carbons (Fsp3) is 0.238. The van der Waals surface area contributed by atoms with Crippen LogP contribution >= 0.6 is 0 Å². The zero-order chi connectivity index (χ0) is 19.8. The van der Waals surface area contributed by atoms with Crippen LogP contribution in [0.25, 0.3) is 0 Å². The molecular weight excluding hydrogens is 344 g/mol. The van der Waals surface area contributed by atoms with Gasteiger partial charge in [0, 0.05) is 25.7 Å². The average molecular weight is 368 g/mol. The van der Waals surface area contributed by atoms with Gasteiger partial charge in [-0.2, -0.15) is 0 Å². The van der Waals surface area contributed by atoms with Gasteiger partial charge in [0.1, 0.15) is 0 Å². The fourth-order valence-corrected chi connectivity index (χ4v) is 2.67. The summed E-state index contributed by atoms with van der Waals surface area (Å²) in [5, 5.41) is 2.70. The van der Waals surface area contributed by atoms with Crippen molar-refractivity contribution in [2.45, 2.75) is 13.1 Å². The van der Waals surface area contributed by atoms with Gasteiger partial charge in [-0.05, 0) is 35.4 Å². The van der Waals surface area contributed by atoms with Crippen LogP contribution < -0.4 is 14.8 Å². The summed E-state index contributed by atoms with van der Waals surface area (Å²) in [6.45, 7) is 4.10. The first-order chi connectivity index (χ1) is 13.0. The molecule has 1 N–H and O–H groups in total. The van der Waals surface area contributed by atoms with Crippen LogP contribution in [0.4, 0.5) is 0 Å². The molecule has 0 aliphatic rings. The monoisotopic (exact) mass is 368 g/mol. The molecule has 0 aromatic heterocycles. The number of hydrogen-bond acceptors (Lipinski definition) is 4. The minimum atomic E-state index is -0.282. The summed E-state index contributed by atoms with van der Waals surface area (Å²) in [7, 11) is 4.89. The van der Waals surface area contributed by atoms with Gasteiger partial charge in [0.2, 0.25) is 5.91 Å². The third kappa shape index (κ3) is 5.10. The number of rotatable bonds is 8. The van der Waals surface area contributed by atoms with Gasteiger partial charge in [0.15, 0.2) is 11.5 Å². The molecule has 142 valence electrons. The molecular formula is C21H24N2O4. The first kappa shape index (κ1) is 20.0. The molecule has 0 fully saturated rings. The van der Waals surface area contributed by atoms with E-state index in [1.54, 1.807) is 38.3 Å². The van der Waals surface area contributed by atoms with Gasteiger partial charge in [-0.3, -0.25) is 9.59 Å². The van der Waals surface area contributed by atoms with Crippen LogP contribution in [0.1, 0.15) is 21.5 Å². The van der Waals surface area contributed by atoms with Crippen molar-refractivity contribution in [3.8, 4) is 11.5 Å². The van der Waals surface area contributed by atoms with Gasteiger partial charge in [0.05, 0.1) is 14.2 Å². The predicted molar refractivity (Wildman–Crippen MR) is 104 cm³/mol. The van der Waals surface area contributed by atoms with Crippen molar-refractivity contribution < 1.29 is 19.1 Å². The van der Waals surface area contributed by atoms with E-state index < -0.39 is 0 Å². The third-order valence-corrected chi connectivity index (χ3v) is 4.10. The predicted octanol–water partition coefficient (Wildman–Crippen LogP) is 2.78. The number of benzene rings is 2. The molecule has 0 heterocycles. The lowest BCUT2D eigenvalue weighted by molar-refractivity contribution is -0.116. The smallest absolute Gasteiger partial charge is 0.254 e. The summed E-state index contributed by atoms with van der Waals surface area (Å²) in [5.74, 6) is 0.839. The van der Waals surface area contributed by atoms with E-state index in [0.717, 1.165) is 11.1 Å². The molecule has 0 radical (unpaired) electrons. The zero-order valence-electron chi connectivity index (χ0n) is 15.8. The largest absolute Gasteiger partial charge is 0.493 e. The van der Waals surface area contributed by atoms with Crippen molar-refractivity contribution in [3.05, 3.63) is 71.8 Å².